The van der Waals surface area contributed by atoms with Crippen LogP contribution in [-0.4, -0.2) is 20.3 Å². The maximum absolute atomic E-state index is 4.45. The molecule has 2 aromatic rings. The van der Waals surface area contributed by atoms with E-state index in [1.165, 1.54) is 16.1 Å². The van der Waals surface area contributed by atoms with E-state index in [0.717, 1.165) is 13.1 Å². The Labute approximate surface area is 112 Å². The molecule has 0 spiro atoms. The largest absolute Gasteiger partial charge is 0.308 e. The van der Waals surface area contributed by atoms with E-state index < -0.39 is 0 Å². The first kappa shape index (κ1) is 13.2. The molecule has 0 fully saturated rings. The summed E-state index contributed by atoms with van der Waals surface area (Å²) in [6.45, 7) is 10.3. The second kappa shape index (κ2) is 5.20. The van der Waals surface area contributed by atoms with Gasteiger partial charge in [0.2, 0.25) is 0 Å². The van der Waals surface area contributed by atoms with Gasteiger partial charge in [-0.15, -0.1) is 11.3 Å². The zero-order chi connectivity index (χ0) is 13.2. The molecule has 0 aromatic carbocycles. The smallest absolute Gasteiger partial charge is 0.0794 e. The highest BCUT2D eigenvalue weighted by atomic mass is 32.1. The Morgan fingerprint density at radius 2 is 2.11 bits per heavy atom. The van der Waals surface area contributed by atoms with Gasteiger partial charge in [-0.3, -0.25) is 9.67 Å². The van der Waals surface area contributed by atoms with Gasteiger partial charge < -0.3 is 5.32 Å². The maximum atomic E-state index is 4.45. The zero-order valence-electron chi connectivity index (χ0n) is 11.4. The van der Waals surface area contributed by atoms with Crippen molar-refractivity contribution < 1.29 is 0 Å². The summed E-state index contributed by atoms with van der Waals surface area (Å²) < 4.78 is 2.03. The normalized spacial score (nSPS) is 12.0. The average molecular weight is 264 g/mol. The lowest BCUT2D eigenvalue weighted by Gasteiger charge is -2.20. The highest BCUT2D eigenvalue weighted by Gasteiger charge is 2.12. The molecule has 98 valence electrons. The Morgan fingerprint density at radius 3 is 2.72 bits per heavy atom. The third kappa shape index (κ3) is 3.40. The summed E-state index contributed by atoms with van der Waals surface area (Å²) in [6, 6.07) is 0. The van der Waals surface area contributed by atoms with Gasteiger partial charge in [0, 0.05) is 34.4 Å². The molecule has 2 heterocycles. The number of rotatable bonds is 4. The fourth-order valence-corrected chi connectivity index (χ4v) is 2.22. The first-order valence-corrected chi connectivity index (χ1v) is 6.97. The third-order valence-electron chi connectivity index (χ3n) is 2.80. The number of thiazole rings is 1. The van der Waals surface area contributed by atoms with Crippen molar-refractivity contribution in [2.75, 3.05) is 0 Å². The van der Waals surface area contributed by atoms with Crippen LogP contribution in [-0.2, 0) is 13.1 Å². The van der Waals surface area contributed by atoms with Gasteiger partial charge in [-0.05, 0) is 27.7 Å². The van der Waals surface area contributed by atoms with Gasteiger partial charge >= 0.3 is 0 Å². The van der Waals surface area contributed by atoms with E-state index in [0.29, 0.717) is 0 Å². The van der Waals surface area contributed by atoms with Crippen LogP contribution in [0.5, 0.6) is 0 Å². The van der Waals surface area contributed by atoms with Crippen molar-refractivity contribution in [3.63, 3.8) is 0 Å². The minimum atomic E-state index is 0.131. The Bertz CT molecular complexity index is 494. The van der Waals surface area contributed by atoms with E-state index in [2.05, 4.69) is 43.1 Å². The van der Waals surface area contributed by atoms with Crippen LogP contribution in [0.1, 0.15) is 36.9 Å². The van der Waals surface area contributed by atoms with Crippen molar-refractivity contribution in [2.45, 2.75) is 46.3 Å². The fourth-order valence-electron chi connectivity index (χ4n) is 1.65. The van der Waals surface area contributed by atoms with E-state index in [4.69, 9.17) is 0 Å². The summed E-state index contributed by atoms with van der Waals surface area (Å²) in [5, 5.41) is 7.93. The standard InChI is InChI=1S/C13H20N4S/c1-10-11(5-15-13(2,3)4)6-16-17(10)8-12-7-14-9-18-12/h6-7,9,15H,5,8H2,1-4H3. The molecule has 0 aliphatic rings. The molecular formula is C13H20N4S. The summed E-state index contributed by atoms with van der Waals surface area (Å²) in [7, 11) is 0. The van der Waals surface area contributed by atoms with Crippen molar-refractivity contribution >= 4 is 11.3 Å². The SMILES string of the molecule is Cc1c(CNC(C)(C)C)cnn1Cc1cncs1. The summed E-state index contributed by atoms with van der Waals surface area (Å²) in [5.41, 5.74) is 4.47. The summed E-state index contributed by atoms with van der Waals surface area (Å²) in [5.74, 6) is 0. The Hall–Kier alpha value is -1.20. The van der Waals surface area contributed by atoms with E-state index in [-0.39, 0.29) is 5.54 Å². The predicted molar refractivity (Wildman–Crippen MR) is 74.8 cm³/mol. The molecule has 0 aliphatic heterocycles. The van der Waals surface area contributed by atoms with Crippen molar-refractivity contribution in [3.8, 4) is 0 Å². The molecule has 4 nitrogen and oxygen atoms in total. The van der Waals surface area contributed by atoms with Crippen molar-refractivity contribution in [2.24, 2.45) is 0 Å². The van der Waals surface area contributed by atoms with Gasteiger partial charge in [-0.25, -0.2) is 0 Å². The molecule has 0 atom stereocenters. The van der Waals surface area contributed by atoms with Gasteiger partial charge in [0.25, 0.3) is 0 Å². The highest BCUT2D eigenvalue weighted by Crippen LogP contribution is 2.13. The van der Waals surface area contributed by atoms with E-state index in [1.807, 2.05) is 22.6 Å². The van der Waals surface area contributed by atoms with Crippen LogP contribution in [0.15, 0.2) is 17.9 Å². The molecule has 0 bridgehead atoms. The molecule has 1 N–H and O–H groups in total. The molecule has 0 amide bonds. The van der Waals surface area contributed by atoms with Crippen LogP contribution in [0.4, 0.5) is 0 Å². The minimum absolute atomic E-state index is 0.131. The second-order valence-electron chi connectivity index (χ2n) is 5.48. The van der Waals surface area contributed by atoms with Gasteiger partial charge in [-0.2, -0.15) is 5.10 Å². The Morgan fingerprint density at radius 1 is 1.33 bits per heavy atom. The van der Waals surface area contributed by atoms with E-state index in [9.17, 15) is 0 Å². The third-order valence-corrected chi connectivity index (χ3v) is 3.57. The molecule has 0 saturated heterocycles. The minimum Gasteiger partial charge on any atom is -0.308 e. The lowest BCUT2D eigenvalue weighted by molar-refractivity contribution is 0.423. The van der Waals surface area contributed by atoms with Crippen LogP contribution in [0.2, 0.25) is 0 Å². The fraction of sp³-hybridized carbons (Fsp3) is 0.538. The molecule has 0 radical (unpaired) electrons. The first-order valence-electron chi connectivity index (χ1n) is 6.09. The summed E-state index contributed by atoms with van der Waals surface area (Å²) in [4.78, 5) is 5.32. The van der Waals surface area contributed by atoms with Crippen LogP contribution >= 0.6 is 11.3 Å². The topological polar surface area (TPSA) is 42.7 Å². The van der Waals surface area contributed by atoms with Crippen LogP contribution in [0, 0.1) is 6.92 Å². The van der Waals surface area contributed by atoms with Gasteiger partial charge in [0.15, 0.2) is 0 Å². The Balaban J connectivity index is 2.04. The van der Waals surface area contributed by atoms with Gasteiger partial charge in [0.05, 0.1) is 18.3 Å². The maximum Gasteiger partial charge on any atom is 0.0794 e. The molecular weight excluding hydrogens is 244 g/mol. The number of hydrogen-bond donors (Lipinski definition) is 1. The molecule has 0 unspecified atom stereocenters. The number of hydrogen-bond acceptors (Lipinski definition) is 4. The van der Waals surface area contributed by atoms with Gasteiger partial charge in [-0.1, -0.05) is 0 Å². The molecule has 5 heteroatoms. The van der Waals surface area contributed by atoms with E-state index in [1.54, 1.807) is 11.3 Å². The van der Waals surface area contributed by atoms with Crippen molar-refractivity contribution in [1.29, 1.82) is 0 Å². The number of nitrogens with one attached hydrogen (secondary N) is 1. The molecule has 0 saturated carbocycles. The molecule has 18 heavy (non-hydrogen) atoms. The Kier molecular flexibility index (Phi) is 3.82. The van der Waals surface area contributed by atoms with Crippen LogP contribution in [0.25, 0.3) is 0 Å². The lowest BCUT2D eigenvalue weighted by atomic mass is 10.1. The lowest BCUT2D eigenvalue weighted by Crippen LogP contribution is -2.35. The van der Waals surface area contributed by atoms with Crippen molar-refractivity contribution in [1.82, 2.24) is 20.1 Å². The number of aromatic nitrogens is 3. The highest BCUT2D eigenvalue weighted by molar-refractivity contribution is 7.09. The van der Waals surface area contributed by atoms with E-state index >= 15 is 0 Å². The quantitative estimate of drug-likeness (QED) is 0.923. The first-order chi connectivity index (χ1) is 8.46. The zero-order valence-corrected chi connectivity index (χ0v) is 12.2. The second-order valence-corrected chi connectivity index (χ2v) is 6.46. The predicted octanol–water partition coefficient (Wildman–Crippen LogP) is 2.58. The number of nitrogens with zero attached hydrogens (tertiary/aromatic N) is 3. The monoisotopic (exact) mass is 264 g/mol. The molecule has 2 aromatic heterocycles. The average Bonchev–Trinajstić information content (AvgIpc) is 2.88. The van der Waals surface area contributed by atoms with Gasteiger partial charge in [0.1, 0.15) is 0 Å². The summed E-state index contributed by atoms with van der Waals surface area (Å²) in [6.07, 6.45) is 3.86. The van der Waals surface area contributed by atoms with Crippen LogP contribution in [0.3, 0.4) is 0 Å². The van der Waals surface area contributed by atoms with Crippen LogP contribution < -0.4 is 5.32 Å². The van der Waals surface area contributed by atoms with Crippen molar-refractivity contribution in [3.05, 3.63) is 34.0 Å². The molecule has 0 aliphatic carbocycles. The summed E-state index contributed by atoms with van der Waals surface area (Å²) >= 11 is 1.67. The molecule has 2 rings (SSSR count).